The minimum Gasteiger partial charge on any atom is -0.310 e. The van der Waals surface area contributed by atoms with Crippen molar-refractivity contribution in [3.63, 3.8) is 0 Å². The molecule has 1 saturated carbocycles. The van der Waals surface area contributed by atoms with Gasteiger partial charge in [-0.15, -0.1) is 0 Å². The summed E-state index contributed by atoms with van der Waals surface area (Å²) in [6.07, 6.45) is 5.63. The minimum absolute atomic E-state index is 0.590. The van der Waals surface area contributed by atoms with Gasteiger partial charge in [-0.1, -0.05) is 20.3 Å². The zero-order valence-electron chi connectivity index (χ0n) is 8.81. The molecule has 1 atom stereocenters. The quantitative estimate of drug-likeness (QED) is 0.734. The van der Waals surface area contributed by atoms with Crippen LogP contribution in [0.2, 0.25) is 0 Å². The molecule has 2 aliphatic rings. The van der Waals surface area contributed by atoms with Crippen molar-refractivity contribution >= 4 is 11.8 Å². The van der Waals surface area contributed by atoms with E-state index in [4.69, 9.17) is 0 Å². The van der Waals surface area contributed by atoms with Gasteiger partial charge in [0.05, 0.1) is 0 Å². The van der Waals surface area contributed by atoms with Crippen LogP contribution in [0.5, 0.6) is 0 Å². The summed E-state index contributed by atoms with van der Waals surface area (Å²) in [5, 5.41) is 3.79. The molecule has 0 aromatic carbocycles. The highest BCUT2D eigenvalue weighted by Crippen LogP contribution is 2.35. The Balaban J connectivity index is 1.78. The van der Waals surface area contributed by atoms with Crippen LogP contribution in [0.25, 0.3) is 0 Å². The second-order valence-corrected chi connectivity index (χ2v) is 6.43. The highest BCUT2D eigenvalue weighted by atomic mass is 32.2. The molecule has 0 radical (unpaired) electrons. The van der Waals surface area contributed by atoms with Crippen LogP contribution in [0, 0.1) is 5.41 Å². The summed E-state index contributed by atoms with van der Waals surface area (Å²) in [5.74, 6) is 2.69. The van der Waals surface area contributed by atoms with E-state index in [9.17, 15) is 0 Å². The maximum atomic E-state index is 3.79. The summed E-state index contributed by atoms with van der Waals surface area (Å²) in [6.45, 7) is 4.83. The van der Waals surface area contributed by atoms with Crippen molar-refractivity contribution in [2.24, 2.45) is 5.41 Å². The van der Waals surface area contributed by atoms with Crippen LogP contribution >= 0.6 is 11.8 Å². The molecule has 1 heterocycles. The van der Waals surface area contributed by atoms with Gasteiger partial charge >= 0.3 is 0 Å². The van der Waals surface area contributed by atoms with Crippen LogP contribution in [-0.4, -0.2) is 23.6 Å². The normalized spacial score (nSPS) is 34.2. The van der Waals surface area contributed by atoms with Crippen LogP contribution < -0.4 is 5.32 Å². The molecule has 2 heteroatoms. The molecule has 1 aliphatic carbocycles. The first-order valence-electron chi connectivity index (χ1n) is 5.49. The number of thioether (sulfide) groups is 1. The van der Waals surface area contributed by atoms with Gasteiger partial charge in [0.2, 0.25) is 0 Å². The van der Waals surface area contributed by atoms with Crippen molar-refractivity contribution in [3.8, 4) is 0 Å². The molecule has 76 valence electrons. The maximum Gasteiger partial charge on any atom is 0.0251 e. The molecule has 0 amide bonds. The van der Waals surface area contributed by atoms with E-state index in [1.54, 1.807) is 0 Å². The van der Waals surface area contributed by atoms with Gasteiger partial charge in [0.25, 0.3) is 0 Å². The molecule has 0 bridgehead atoms. The Morgan fingerprint density at radius 1 is 1.23 bits per heavy atom. The Morgan fingerprint density at radius 2 is 2.00 bits per heavy atom. The summed E-state index contributed by atoms with van der Waals surface area (Å²) in [4.78, 5) is 0. The highest BCUT2D eigenvalue weighted by Gasteiger charge is 2.30. The summed E-state index contributed by atoms with van der Waals surface area (Å²) in [5.41, 5.74) is 0.590. The molecule has 1 nitrogen and oxygen atoms in total. The lowest BCUT2D eigenvalue weighted by Crippen LogP contribution is -2.48. The smallest absolute Gasteiger partial charge is 0.0251 e. The van der Waals surface area contributed by atoms with Crippen LogP contribution in [0.1, 0.15) is 39.5 Å². The van der Waals surface area contributed by atoms with Gasteiger partial charge in [0, 0.05) is 23.6 Å². The fourth-order valence-corrected chi connectivity index (χ4v) is 3.17. The van der Waals surface area contributed by atoms with E-state index in [1.807, 2.05) is 0 Å². The predicted octanol–water partition coefficient (Wildman–Crippen LogP) is 2.66. The van der Waals surface area contributed by atoms with E-state index in [0.29, 0.717) is 5.41 Å². The third-order valence-electron chi connectivity index (χ3n) is 3.31. The first kappa shape index (κ1) is 9.85. The first-order valence-corrected chi connectivity index (χ1v) is 6.65. The Labute approximate surface area is 86.0 Å². The Bertz CT molecular complexity index is 175. The van der Waals surface area contributed by atoms with E-state index in [0.717, 1.165) is 12.1 Å². The summed E-state index contributed by atoms with van der Waals surface area (Å²) < 4.78 is 0. The molecule has 2 fully saturated rings. The van der Waals surface area contributed by atoms with Gasteiger partial charge in [-0.25, -0.2) is 0 Å². The largest absolute Gasteiger partial charge is 0.310 e. The average molecular weight is 199 g/mol. The van der Waals surface area contributed by atoms with E-state index < -0.39 is 0 Å². The van der Waals surface area contributed by atoms with Crippen molar-refractivity contribution in [2.45, 2.75) is 51.6 Å². The van der Waals surface area contributed by atoms with Crippen molar-refractivity contribution in [3.05, 3.63) is 0 Å². The van der Waals surface area contributed by atoms with Crippen molar-refractivity contribution < 1.29 is 0 Å². The Hall–Kier alpha value is 0.310. The maximum absolute atomic E-state index is 3.79. The molecule has 0 spiro atoms. The van der Waals surface area contributed by atoms with Crippen LogP contribution in [0.15, 0.2) is 0 Å². The van der Waals surface area contributed by atoms with E-state index in [1.165, 1.54) is 37.2 Å². The van der Waals surface area contributed by atoms with Crippen LogP contribution in [0.3, 0.4) is 0 Å². The van der Waals surface area contributed by atoms with Gasteiger partial charge in [0.1, 0.15) is 0 Å². The van der Waals surface area contributed by atoms with Gasteiger partial charge in [-0.2, -0.15) is 11.8 Å². The lowest BCUT2D eigenvalue weighted by Gasteiger charge is -2.39. The molecule has 13 heavy (non-hydrogen) atoms. The molecular formula is C11H21NS. The van der Waals surface area contributed by atoms with Crippen molar-refractivity contribution in [2.75, 3.05) is 11.5 Å². The van der Waals surface area contributed by atoms with E-state index in [2.05, 4.69) is 30.9 Å². The summed E-state index contributed by atoms with van der Waals surface area (Å²) in [6, 6.07) is 1.65. The zero-order valence-corrected chi connectivity index (χ0v) is 9.62. The third-order valence-corrected chi connectivity index (χ3v) is 4.59. The Kier molecular flexibility index (Phi) is 2.89. The SMILES string of the molecule is CC1(C)CCCC(NC2CSC2)C1. The molecule has 2 rings (SSSR count). The second kappa shape index (κ2) is 3.82. The lowest BCUT2D eigenvalue weighted by atomic mass is 9.75. The lowest BCUT2D eigenvalue weighted by molar-refractivity contribution is 0.192. The number of rotatable bonds is 2. The monoisotopic (exact) mass is 199 g/mol. The fraction of sp³-hybridized carbons (Fsp3) is 1.00. The highest BCUT2D eigenvalue weighted by molar-refractivity contribution is 8.00. The topological polar surface area (TPSA) is 12.0 Å². The second-order valence-electron chi connectivity index (χ2n) is 5.36. The number of hydrogen-bond acceptors (Lipinski definition) is 2. The van der Waals surface area contributed by atoms with E-state index in [-0.39, 0.29) is 0 Å². The first-order chi connectivity index (χ1) is 6.16. The average Bonchev–Trinajstić information content (AvgIpc) is 1.95. The minimum atomic E-state index is 0.590. The molecular weight excluding hydrogens is 178 g/mol. The van der Waals surface area contributed by atoms with Crippen molar-refractivity contribution in [1.82, 2.24) is 5.32 Å². The number of nitrogens with one attached hydrogen (secondary N) is 1. The zero-order chi connectivity index (χ0) is 9.31. The van der Waals surface area contributed by atoms with Crippen LogP contribution in [0.4, 0.5) is 0 Å². The van der Waals surface area contributed by atoms with Gasteiger partial charge < -0.3 is 5.32 Å². The molecule has 0 aromatic heterocycles. The molecule has 1 N–H and O–H groups in total. The van der Waals surface area contributed by atoms with Crippen LogP contribution in [-0.2, 0) is 0 Å². The molecule has 0 aromatic rings. The Morgan fingerprint density at radius 3 is 2.54 bits per heavy atom. The standard InChI is InChI=1S/C11H21NS/c1-11(2)5-3-4-9(6-11)12-10-7-13-8-10/h9-10,12H,3-8H2,1-2H3. The predicted molar refractivity (Wildman–Crippen MR) is 60.3 cm³/mol. The van der Waals surface area contributed by atoms with Crippen molar-refractivity contribution in [1.29, 1.82) is 0 Å². The third kappa shape index (κ3) is 2.63. The molecule has 1 unspecified atom stereocenters. The van der Waals surface area contributed by atoms with Gasteiger partial charge in [0.15, 0.2) is 0 Å². The number of hydrogen-bond donors (Lipinski definition) is 1. The van der Waals surface area contributed by atoms with E-state index >= 15 is 0 Å². The van der Waals surface area contributed by atoms with Gasteiger partial charge in [-0.3, -0.25) is 0 Å². The van der Waals surface area contributed by atoms with Gasteiger partial charge in [-0.05, 0) is 24.7 Å². The molecule has 1 saturated heterocycles. The molecule has 1 aliphatic heterocycles. The summed E-state index contributed by atoms with van der Waals surface area (Å²) >= 11 is 2.07. The summed E-state index contributed by atoms with van der Waals surface area (Å²) in [7, 11) is 0. The fourth-order valence-electron chi connectivity index (χ4n) is 2.51.